The van der Waals surface area contributed by atoms with Gasteiger partial charge in [-0.2, -0.15) is 0 Å². The van der Waals surface area contributed by atoms with Gasteiger partial charge < -0.3 is 40.7 Å². The topological polar surface area (TPSA) is 178 Å². The number of ether oxygens (including phenoxy) is 1. The molecule has 5 amide bonds. The molecule has 0 aliphatic carbocycles. The van der Waals surface area contributed by atoms with Gasteiger partial charge in [0.1, 0.15) is 11.8 Å². The van der Waals surface area contributed by atoms with Crippen LogP contribution in [0.4, 0.5) is 21.0 Å². The van der Waals surface area contributed by atoms with E-state index in [-0.39, 0.29) is 38.5 Å². The van der Waals surface area contributed by atoms with E-state index in [2.05, 4.69) is 16.0 Å². The van der Waals surface area contributed by atoms with Crippen molar-refractivity contribution in [2.45, 2.75) is 25.8 Å². The second kappa shape index (κ2) is 13.1. The van der Waals surface area contributed by atoms with Crippen molar-refractivity contribution in [3.8, 4) is 5.75 Å². The number of benzene rings is 2. The summed E-state index contributed by atoms with van der Waals surface area (Å²) in [5.41, 5.74) is 2.69. The van der Waals surface area contributed by atoms with Gasteiger partial charge in [0, 0.05) is 31.9 Å². The molecule has 39 heavy (non-hydrogen) atoms. The SMILES string of the molecule is COc1cc(CC(=O)N2CCN(C(=O)NC(CC(=O)O)C(=O)O)CC2)ccc1NC(=O)Nc1ccccc1C. The van der Waals surface area contributed by atoms with Crippen LogP contribution in [0.3, 0.4) is 0 Å². The number of urea groups is 2. The number of aliphatic carboxylic acids is 2. The minimum Gasteiger partial charge on any atom is -0.495 e. The highest BCUT2D eigenvalue weighted by Crippen LogP contribution is 2.26. The van der Waals surface area contributed by atoms with Gasteiger partial charge in [0.25, 0.3) is 0 Å². The van der Waals surface area contributed by atoms with Crippen molar-refractivity contribution in [2.24, 2.45) is 0 Å². The molecule has 1 fully saturated rings. The number of piperazine rings is 1. The summed E-state index contributed by atoms with van der Waals surface area (Å²) in [6, 6.07) is 9.71. The molecule has 1 saturated heterocycles. The lowest BCUT2D eigenvalue weighted by Crippen LogP contribution is -2.56. The monoisotopic (exact) mass is 541 g/mol. The summed E-state index contributed by atoms with van der Waals surface area (Å²) in [6.07, 6.45) is -0.674. The van der Waals surface area contributed by atoms with Crippen LogP contribution >= 0.6 is 0 Å². The van der Waals surface area contributed by atoms with E-state index in [0.29, 0.717) is 22.7 Å². The van der Waals surface area contributed by atoms with Gasteiger partial charge >= 0.3 is 24.0 Å². The van der Waals surface area contributed by atoms with Crippen molar-refractivity contribution in [1.29, 1.82) is 0 Å². The number of carbonyl (C=O) groups is 5. The molecular weight excluding hydrogens is 510 g/mol. The third-order valence-electron chi connectivity index (χ3n) is 6.16. The van der Waals surface area contributed by atoms with Crippen LogP contribution in [0.5, 0.6) is 5.75 Å². The molecule has 1 heterocycles. The number of nitrogens with one attached hydrogen (secondary N) is 3. The smallest absolute Gasteiger partial charge is 0.326 e. The van der Waals surface area contributed by atoms with Crippen molar-refractivity contribution in [3.05, 3.63) is 53.6 Å². The maximum absolute atomic E-state index is 12.9. The third-order valence-corrected chi connectivity index (χ3v) is 6.16. The lowest BCUT2D eigenvalue weighted by Gasteiger charge is -2.35. The Balaban J connectivity index is 1.53. The van der Waals surface area contributed by atoms with Gasteiger partial charge in [-0.15, -0.1) is 0 Å². The van der Waals surface area contributed by atoms with Crippen molar-refractivity contribution in [3.63, 3.8) is 0 Å². The van der Waals surface area contributed by atoms with Gasteiger partial charge in [0.05, 0.1) is 25.6 Å². The van der Waals surface area contributed by atoms with Gasteiger partial charge in [-0.25, -0.2) is 14.4 Å². The zero-order valence-electron chi connectivity index (χ0n) is 21.6. The van der Waals surface area contributed by atoms with Crippen LogP contribution in [0, 0.1) is 6.92 Å². The average Bonchev–Trinajstić information content (AvgIpc) is 2.90. The highest BCUT2D eigenvalue weighted by atomic mass is 16.5. The molecule has 13 nitrogen and oxygen atoms in total. The number of carbonyl (C=O) groups excluding carboxylic acids is 3. The predicted molar refractivity (Wildman–Crippen MR) is 141 cm³/mol. The molecule has 1 atom stereocenters. The van der Waals surface area contributed by atoms with E-state index in [1.807, 2.05) is 25.1 Å². The zero-order valence-corrected chi connectivity index (χ0v) is 21.6. The van der Waals surface area contributed by atoms with Crippen LogP contribution in [0.25, 0.3) is 0 Å². The van der Waals surface area contributed by atoms with Crippen LogP contribution in [0.15, 0.2) is 42.5 Å². The molecule has 0 bridgehead atoms. The molecule has 0 radical (unpaired) electrons. The second-order valence-corrected chi connectivity index (χ2v) is 8.91. The molecule has 13 heteroatoms. The first kappa shape index (κ1) is 28.8. The maximum atomic E-state index is 12.9. The number of carboxylic acids is 2. The average molecular weight is 542 g/mol. The number of carboxylic acid groups (broad SMARTS) is 2. The van der Waals surface area contributed by atoms with Crippen LogP contribution in [-0.4, -0.2) is 89.3 Å². The number of hydrogen-bond acceptors (Lipinski definition) is 6. The van der Waals surface area contributed by atoms with E-state index in [4.69, 9.17) is 14.9 Å². The number of amides is 5. The number of aryl methyl sites for hydroxylation is 1. The van der Waals surface area contributed by atoms with E-state index in [0.717, 1.165) is 5.56 Å². The molecule has 0 saturated carbocycles. The summed E-state index contributed by atoms with van der Waals surface area (Å²) >= 11 is 0. The van der Waals surface area contributed by atoms with Crippen LogP contribution < -0.4 is 20.7 Å². The largest absolute Gasteiger partial charge is 0.495 e. The van der Waals surface area contributed by atoms with Crippen molar-refractivity contribution >= 4 is 41.3 Å². The highest BCUT2D eigenvalue weighted by Gasteiger charge is 2.28. The summed E-state index contributed by atoms with van der Waals surface area (Å²) < 4.78 is 5.40. The summed E-state index contributed by atoms with van der Waals surface area (Å²) in [7, 11) is 1.46. The Morgan fingerprint density at radius 2 is 1.56 bits per heavy atom. The molecule has 2 aromatic rings. The molecule has 0 aromatic heterocycles. The fraction of sp³-hybridized carbons (Fsp3) is 0.346. The fourth-order valence-electron chi connectivity index (χ4n) is 4.00. The minimum absolute atomic E-state index is 0.0674. The van der Waals surface area contributed by atoms with Crippen LogP contribution in [0.2, 0.25) is 0 Å². The first-order valence-electron chi connectivity index (χ1n) is 12.2. The Kier molecular flexibility index (Phi) is 9.68. The number of rotatable bonds is 9. The zero-order chi connectivity index (χ0) is 28.5. The van der Waals surface area contributed by atoms with Crippen molar-refractivity contribution in [2.75, 3.05) is 43.9 Å². The molecule has 1 aliphatic rings. The lowest BCUT2D eigenvalue weighted by molar-refractivity contribution is -0.145. The van der Waals surface area contributed by atoms with E-state index in [1.54, 1.807) is 29.2 Å². The summed E-state index contributed by atoms with van der Waals surface area (Å²) in [5, 5.41) is 25.7. The van der Waals surface area contributed by atoms with Gasteiger partial charge in [0.2, 0.25) is 5.91 Å². The molecule has 1 aliphatic heterocycles. The molecular formula is C26H31N5O8. The Morgan fingerprint density at radius 1 is 0.923 bits per heavy atom. The Labute approximate surface area is 224 Å². The van der Waals surface area contributed by atoms with Gasteiger partial charge in [-0.1, -0.05) is 24.3 Å². The quantitative estimate of drug-likeness (QED) is 0.320. The lowest BCUT2D eigenvalue weighted by atomic mass is 10.1. The number of nitrogens with zero attached hydrogens (tertiary/aromatic N) is 2. The van der Waals surface area contributed by atoms with Gasteiger partial charge in [0.15, 0.2) is 0 Å². The molecule has 1 unspecified atom stereocenters. The molecule has 3 rings (SSSR count). The number of methoxy groups -OCH3 is 1. The van der Waals surface area contributed by atoms with Crippen LogP contribution in [0.1, 0.15) is 17.5 Å². The first-order chi connectivity index (χ1) is 18.6. The van der Waals surface area contributed by atoms with Gasteiger partial charge in [-0.05, 0) is 36.2 Å². The molecule has 0 spiro atoms. The number of anilines is 2. The second-order valence-electron chi connectivity index (χ2n) is 8.91. The number of para-hydroxylation sites is 1. The normalized spacial score (nSPS) is 13.7. The highest BCUT2D eigenvalue weighted by molar-refractivity contribution is 6.01. The molecule has 5 N–H and O–H groups in total. The summed E-state index contributed by atoms with van der Waals surface area (Å²) in [6.45, 7) is 2.68. The Hall–Kier alpha value is -4.81. The molecule has 2 aromatic carbocycles. The van der Waals surface area contributed by atoms with Crippen molar-refractivity contribution in [1.82, 2.24) is 15.1 Å². The van der Waals surface area contributed by atoms with E-state index in [1.165, 1.54) is 12.0 Å². The summed E-state index contributed by atoms with van der Waals surface area (Å²) in [4.78, 5) is 62.6. The minimum atomic E-state index is -1.55. The number of hydrogen-bond donors (Lipinski definition) is 5. The van der Waals surface area contributed by atoms with E-state index >= 15 is 0 Å². The third kappa shape index (κ3) is 8.09. The van der Waals surface area contributed by atoms with Gasteiger partial charge in [-0.3, -0.25) is 9.59 Å². The van der Waals surface area contributed by atoms with E-state index in [9.17, 15) is 24.0 Å². The standard InChI is InChI=1S/C26H31N5O8/c1-16-5-3-4-6-18(16)27-25(37)28-19-8-7-17(13-21(19)39-2)14-22(32)30-9-11-31(12-10-30)26(38)29-20(24(35)36)15-23(33)34/h3-8,13,20H,9-12,14-15H2,1-2H3,(H,29,38)(H,33,34)(H,35,36)(H2,27,28,37). The molecule has 208 valence electrons. The predicted octanol–water partition coefficient (Wildman–Crippen LogP) is 1.97. The van der Waals surface area contributed by atoms with Crippen LogP contribution in [-0.2, 0) is 20.8 Å². The first-order valence-corrected chi connectivity index (χ1v) is 12.2. The van der Waals surface area contributed by atoms with E-state index < -0.39 is 36.5 Å². The fourth-order valence-corrected chi connectivity index (χ4v) is 4.00. The Morgan fingerprint density at radius 3 is 2.18 bits per heavy atom. The maximum Gasteiger partial charge on any atom is 0.326 e. The van der Waals surface area contributed by atoms with Crippen molar-refractivity contribution < 1.29 is 38.9 Å². The Bertz CT molecular complexity index is 1240. The summed E-state index contributed by atoms with van der Waals surface area (Å²) in [5.74, 6) is -2.58.